The first-order chi connectivity index (χ1) is 14.3. The molecule has 1 amide bonds. The Kier molecular flexibility index (Phi) is 5.95. The Morgan fingerprint density at radius 2 is 1.53 bits per heavy atom. The highest BCUT2D eigenvalue weighted by atomic mass is 32.2. The third-order valence-corrected chi connectivity index (χ3v) is 7.71. The Labute approximate surface area is 178 Å². The average Bonchev–Trinajstić information content (AvgIpc) is 2.74. The summed E-state index contributed by atoms with van der Waals surface area (Å²) >= 11 is 0. The van der Waals surface area contributed by atoms with Crippen molar-refractivity contribution in [1.29, 1.82) is 0 Å². The third kappa shape index (κ3) is 4.58. The molecule has 3 aliphatic heterocycles. The van der Waals surface area contributed by atoms with Crippen molar-refractivity contribution in [3.8, 4) is 11.1 Å². The van der Waals surface area contributed by atoms with Crippen LogP contribution in [0.5, 0.6) is 0 Å². The van der Waals surface area contributed by atoms with Crippen molar-refractivity contribution in [3.63, 3.8) is 0 Å². The number of carbonyl (C=O) groups is 1. The molecule has 160 valence electrons. The van der Waals surface area contributed by atoms with Gasteiger partial charge in [-0.15, -0.1) is 0 Å². The molecule has 0 aromatic heterocycles. The van der Waals surface area contributed by atoms with Crippen LogP contribution in [0.1, 0.15) is 26.7 Å². The molecule has 30 heavy (non-hydrogen) atoms. The van der Waals surface area contributed by atoms with Crippen molar-refractivity contribution in [1.82, 2.24) is 9.62 Å². The van der Waals surface area contributed by atoms with E-state index in [1.807, 2.05) is 24.3 Å². The van der Waals surface area contributed by atoms with Crippen molar-refractivity contribution in [2.45, 2.75) is 37.6 Å². The highest BCUT2D eigenvalue weighted by molar-refractivity contribution is 7.89. The fraction of sp³-hybridized carbons (Fsp3) is 0.435. The van der Waals surface area contributed by atoms with Crippen LogP contribution in [0.3, 0.4) is 0 Å². The minimum Gasteiger partial charge on any atom is -0.326 e. The van der Waals surface area contributed by atoms with Crippen LogP contribution in [0.4, 0.5) is 5.69 Å². The van der Waals surface area contributed by atoms with Crippen LogP contribution in [0.15, 0.2) is 53.4 Å². The fourth-order valence-corrected chi connectivity index (χ4v) is 5.70. The molecule has 1 atom stereocenters. The van der Waals surface area contributed by atoms with E-state index in [0.717, 1.165) is 49.3 Å². The first kappa shape index (κ1) is 21.0. The summed E-state index contributed by atoms with van der Waals surface area (Å²) in [6.07, 6.45) is 2.24. The van der Waals surface area contributed by atoms with E-state index < -0.39 is 10.0 Å². The Morgan fingerprint density at radius 3 is 2.03 bits per heavy atom. The van der Waals surface area contributed by atoms with Gasteiger partial charge in [-0.25, -0.2) is 13.1 Å². The van der Waals surface area contributed by atoms with Gasteiger partial charge in [-0.1, -0.05) is 24.3 Å². The van der Waals surface area contributed by atoms with Crippen LogP contribution >= 0.6 is 0 Å². The molecule has 5 rings (SSSR count). The average molecular weight is 428 g/mol. The number of nitrogens with one attached hydrogen (secondary N) is 2. The number of nitrogens with zero attached hydrogens (tertiary/aromatic N) is 1. The SMILES string of the molecule is CC(C)NS(=O)(=O)c1ccc(-c2ccc(NC(=O)C3CN4CCC3CC4)cc2)cc1. The molecule has 3 saturated heterocycles. The highest BCUT2D eigenvalue weighted by Gasteiger charge is 2.38. The van der Waals surface area contributed by atoms with E-state index in [0.29, 0.717) is 5.92 Å². The second-order valence-corrected chi connectivity index (χ2v) is 10.3. The number of hydrogen-bond donors (Lipinski definition) is 2. The normalized spacial score (nSPS) is 23.5. The van der Waals surface area contributed by atoms with Crippen molar-refractivity contribution in [2.75, 3.05) is 25.0 Å². The molecule has 3 fully saturated rings. The molecule has 0 spiro atoms. The number of anilines is 1. The molecule has 2 aromatic rings. The summed E-state index contributed by atoms with van der Waals surface area (Å²) in [6, 6.07) is 14.4. The number of hydrogen-bond acceptors (Lipinski definition) is 4. The van der Waals surface area contributed by atoms with Gasteiger partial charge in [0.2, 0.25) is 15.9 Å². The second-order valence-electron chi connectivity index (χ2n) is 8.61. The van der Waals surface area contributed by atoms with Crippen LogP contribution < -0.4 is 10.0 Å². The van der Waals surface area contributed by atoms with E-state index in [4.69, 9.17) is 0 Å². The minimum atomic E-state index is -3.49. The number of benzene rings is 2. The monoisotopic (exact) mass is 427 g/mol. The van der Waals surface area contributed by atoms with E-state index >= 15 is 0 Å². The molecule has 3 aliphatic rings. The summed E-state index contributed by atoms with van der Waals surface area (Å²) in [7, 11) is -3.49. The topological polar surface area (TPSA) is 78.5 Å². The van der Waals surface area contributed by atoms with Gasteiger partial charge in [-0.05, 0) is 81.1 Å². The number of sulfonamides is 1. The molecule has 0 aliphatic carbocycles. The Hall–Kier alpha value is -2.22. The van der Waals surface area contributed by atoms with Crippen LogP contribution in [0.2, 0.25) is 0 Å². The maximum Gasteiger partial charge on any atom is 0.240 e. The lowest BCUT2D eigenvalue weighted by atomic mass is 9.78. The molecule has 2 aromatic carbocycles. The zero-order valence-corrected chi connectivity index (χ0v) is 18.3. The number of piperidine rings is 3. The number of amides is 1. The summed E-state index contributed by atoms with van der Waals surface area (Å²) < 4.78 is 27.1. The van der Waals surface area contributed by atoms with E-state index in [-0.39, 0.29) is 22.8 Å². The van der Waals surface area contributed by atoms with Gasteiger partial charge in [0.05, 0.1) is 10.8 Å². The molecule has 7 heteroatoms. The predicted octanol–water partition coefficient (Wildman–Crippen LogP) is 3.32. The lowest BCUT2D eigenvalue weighted by Gasteiger charge is -2.43. The van der Waals surface area contributed by atoms with Crippen molar-refractivity contribution in [3.05, 3.63) is 48.5 Å². The van der Waals surface area contributed by atoms with E-state index in [1.165, 1.54) is 0 Å². The first-order valence-corrected chi connectivity index (χ1v) is 12.1. The van der Waals surface area contributed by atoms with Crippen molar-refractivity contribution < 1.29 is 13.2 Å². The van der Waals surface area contributed by atoms with Crippen molar-refractivity contribution >= 4 is 21.6 Å². The van der Waals surface area contributed by atoms with Gasteiger partial charge in [0, 0.05) is 18.3 Å². The highest BCUT2D eigenvalue weighted by Crippen LogP contribution is 2.33. The quantitative estimate of drug-likeness (QED) is 0.741. The Morgan fingerprint density at radius 1 is 0.967 bits per heavy atom. The smallest absolute Gasteiger partial charge is 0.240 e. The van der Waals surface area contributed by atoms with Crippen molar-refractivity contribution in [2.24, 2.45) is 11.8 Å². The number of rotatable bonds is 6. The summed E-state index contributed by atoms with van der Waals surface area (Å²) in [5.41, 5.74) is 2.69. The van der Waals surface area contributed by atoms with Gasteiger partial charge in [0.15, 0.2) is 0 Å². The third-order valence-electron chi connectivity index (χ3n) is 6.03. The zero-order chi connectivity index (χ0) is 21.3. The Balaban J connectivity index is 1.41. The van der Waals surface area contributed by atoms with Gasteiger partial charge in [0.1, 0.15) is 0 Å². The molecule has 1 unspecified atom stereocenters. The number of carbonyl (C=O) groups excluding carboxylic acids is 1. The van der Waals surface area contributed by atoms with E-state index in [2.05, 4.69) is 14.9 Å². The van der Waals surface area contributed by atoms with Crippen LogP contribution in [-0.2, 0) is 14.8 Å². The van der Waals surface area contributed by atoms with Gasteiger partial charge < -0.3 is 10.2 Å². The fourth-order valence-electron chi connectivity index (χ4n) is 4.45. The maximum absolute atomic E-state index is 12.7. The van der Waals surface area contributed by atoms with Crippen LogP contribution in [0.25, 0.3) is 11.1 Å². The maximum atomic E-state index is 12.7. The summed E-state index contributed by atoms with van der Waals surface area (Å²) in [6.45, 7) is 6.70. The minimum absolute atomic E-state index is 0.0844. The summed E-state index contributed by atoms with van der Waals surface area (Å²) in [5.74, 6) is 0.708. The first-order valence-electron chi connectivity index (χ1n) is 10.6. The molecule has 2 N–H and O–H groups in total. The molecular formula is C23H29N3O3S. The van der Waals surface area contributed by atoms with Gasteiger partial charge in [-0.3, -0.25) is 4.79 Å². The zero-order valence-electron chi connectivity index (χ0n) is 17.5. The second kappa shape index (κ2) is 8.49. The van der Waals surface area contributed by atoms with Gasteiger partial charge >= 0.3 is 0 Å². The molecule has 0 saturated carbocycles. The van der Waals surface area contributed by atoms with E-state index in [9.17, 15) is 13.2 Å². The predicted molar refractivity (Wildman–Crippen MR) is 119 cm³/mol. The van der Waals surface area contributed by atoms with Gasteiger partial charge in [-0.2, -0.15) is 0 Å². The Bertz CT molecular complexity index is 993. The van der Waals surface area contributed by atoms with Crippen LogP contribution in [0, 0.1) is 11.8 Å². The lowest BCUT2D eigenvalue weighted by Crippen LogP contribution is -2.51. The molecule has 2 bridgehead atoms. The number of fused-ring (bicyclic) bond motifs is 3. The summed E-state index contributed by atoms with van der Waals surface area (Å²) in [5, 5.41) is 3.07. The molecular weight excluding hydrogens is 398 g/mol. The van der Waals surface area contributed by atoms with Gasteiger partial charge in [0.25, 0.3) is 0 Å². The molecule has 3 heterocycles. The summed E-state index contributed by atoms with van der Waals surface area (Å²) in [4.78, 5) is 15.4. The largest absolute Gasteiger partial charge is 0.326 e. The standard InChI is InChI=1S/C23H29N3O3S/c1-16(2)25-30(28,29)21-9-5-18(6-10-21)17-3-7-20(8-4-17)24-23(27)22-15-26-13-11-19(22)12-14-26/h3-10,16,19,22,25H,11-15H2,1-2H3,(H,24,27). The molecule has 6 nitrogen and oxygen atoms in total. The van der Waals surface area contributed by atoms with E-state index in [1.54, 1.807) is 38.1 Å². The lowest BCUT2D eigenvalue weighted by molar-refractivity contribution is -0.125. The molecule has 0 radical (unpaired) electrons. The van der Waals surface area contributed by atoms with Crippen LogP contribution in [-0.4, -0.2) is 44.9 Å².